The highest BCUT2D eigenvalue weighted by Gasteiger charge is 2.19. The van der Waals surface area contributed by atoms with E-state index in [1.54, 1.807) is 0 Å². The Morgan fingerprint density at radius 3 is 0.968 bits per heavy atom. The Kier molecular flexibility index (Phi) is 10.2. The van der Waals surface area contributed by atoms with Gasteiger partial charge in [0.2, 0.25) is 0 Å². The Labute approximate surface area is 359 Å². The van der Waals surface area contributed by atoms with E-state index in [0.717, 1.165) is 66.8 Å². The molecule has 2 aromatic heterocycles. The highest BCUT2D eigenvalue weighted by Crippen LogP contribution is 2.38. The topological polar surface area (TPSA) is 101 Å². The fourth-order valence-corrected chi connectivity index (χ4v) is 7.64. The molecule has 0 amide bonds. The van der Waals surface area contributed by atoms with Crippen molar-refractivity contribution in [2.45, 2.75) is 0 Å². The van der Waals surface area contributed by atoms with Crippen LogP contribution in [0.5, 0.6) is 0 Å². The first-order valence-electron chi connectivity index (χ1n) is 20.3. The van der Waals surface area contributed by atoms with Gasteiger partial charge in [0, 0.05) is 33.4 Å². The van der Waals surface area contributed by atoms with E-state index in [0.29, 0.717) is 40.5 Å². The third-order valence-corrected chi connectivity index (χ3v) is 10.7. The van der Waals surface area contributed by atoms with Crippen LogP contribution in [-0.4, -0.2) is 29.9 Å². The first kappa shape index (κ1) is 37.5. The highest BCUT2D eigenvalue weighted by atomic mass is 15.0. The summed E-state index contributed by atoms with van der Waals surface area (Å²) >= 11 is 0. The molecule has 0 spiro atoms. The fourth-order valence-electron chi connectivity index (χ4n) is 7.64. The van der Waals surface area contributed by atoms with Crippen molar-refractivity contribution in [1.29, 1.82) is 5.26 Å². The summed E-state index contributed by atoms with van der Waals surface area (Å²) in [5, 5.41) is 9.87. The molecule has 10 rings (SSSR count). The van der Waals surface area contributed by atoms with Gasteiger partial charge in [-0.25, -0.2) is 29.9 Å². The van der Waals surface area contributed by atoms with Gasteiger partial charge >= 0.3 is 0 Å². The van der Waals surface area contributed by atoms with Crippen LogP contribution in [0.1, 0.15) is 5.56 Å². The molecular weight excluding hydrogens is 759 g/mol. The van der Waals surface area contributed by atoms with Crippen molar-refractivity contribution in [2.75, 3.05) is 0 Å². The molecule has 0 aliphatic carbocycles. The zero-order valence-electron chi connectivity index (χ0n) is 33.3. The first-order chi connectivity index (χ1) is 30.7. The van der Waals surface area contributed by atoms with E-state index in [1.165, 1.54) is 0 Å². The van der Waals surface area contributed by atoms with E-state index < -0.39 is 0 Å². The van der Waals surface area contributed by atoms with Crippen molar-refractivity contribution < 1.29 is 0 Å². The molecule has 8 aromatic carbocycles. The Balaban J connectivity index is 1.09. The standard InChI is InChI=1S/C55H35N7/c56-36-44-24-10-11-29-45(44)40-25-17-28-43(35-40)53-58-52(39-22-8-3-9-23-39)61-55(62-53)49-33-15-13-31-47(49)42-27-16-26-41(34-42)46-30-12-14-32-48(46)54-59-50(37-18-4-1-5-19-37)57-51(60-54)38-20-6-2-7-21-38/h1-35H. The molecule has 0 unspecified atom stereocenters. The molecule has 0 N–H and O–H groups in total. The average molecular weight is 794 g/mol. The molecule has 0 atom stereocenters. The predicted octanol–water partition coefficient (Wildman–Crippen LogP) is 12.9. The van der Waals surface area contributed by atoms with E-state index in [1.807, 2.05) is 164 Å². The van der Waals surface area contributed by atoms with Gasteiger partial charge in [0.05, 0.1) is 11.6 Å². The van der Waals surface area contributed by atoms with Gasteiger partial charge in [-0.2, -0.15) is 5.26 Å². The fraction of sp³-hybridized carbons (Fsp3) is 0. The molecule has 2 heterocycles. The Morgan fingerprint density at radius 2 is 0.532 bits per heavy atom. The van der Waals surface area contributed by atoms with E-state index >= 15 is 0 Å². The second-order valence-corrected chi connectivity index (χ2v) is 14.6. The van der Waals surface area contributed by atoms with E-state index in [4.69, 9.17) is 29.9 Å². The van der Waals surface area contributed by atoms with Gasteiger partial charge < -0.3 is 0 Å². The summed E-state index contributed by atoms with van der Waals surface area (Å²) in [6.45, 7) is 0. The Bertz CT molecular complexity index is 3200. The summed E-state index contributed by atoms with van der Waals surface area (Å²) in [7, 11) is 0. The largest absolute Gasteiger partial charge is 0.208 e. The zero-order chi connectivity index (χ0) is 41.7. The lowest BCUT2D eigenvalue weighted by atomic mass is 9.93. The van der Waals surface area contributed by atoms with Gasteiger partial charge in [-0.1, -0.05) is 194 Å². The van der Waals surface area contributed by atoms with Crippen LogP contribution in [0.2, 0.25) is 0 Å². The van der Waals surface area contributed by atoms with E-state index in [-0.39, 0.29) is 0 Å². The molecule has 0 saturated carbocycles. The third kappa shape index (κ3) is 7.63. The summed E-state index contributed by atoms with van der Waals surface area (Å²) in [6, 6.07) is 72.9. The third-order valence-electron chi connectivity index (χ3n) is 10.7. The first-order valence-corrected chi connectivity index (χ1v) is 20.3. The van der Waals surface area contributed by atoms with Crippen LogP contribution in [-0.2, 0) is 0 Å². The number of nitriles is 1. The molecule has 7 heteroatoms. The van der Waals surface area contributed by atoms with Crippen molar-refractivity contribution in [3.8, 4) is 108 Å². The number of hydrogen-bond donors (Lipinski definition) is 0. The minimum atomic E-state index is 0.532. The molecule has 0 bridgehead atoms. The zero-order valence-corrected chi connectivity index (χ0v) is 33.3. The molecule has 10 aromatic rings. The van der Waals surface area contributed by atoms with Crippen molar-refractivity contribution in [3.63, 3.8) is 0 Å². The van der Waals surface area contributed by atoms with Crippen LogP contribution < -0.4 is 0 Å². The molecule has 0 aliphatic heterocycles. The summed E-state index contributed by atoms with van der Waals surface area (Å²) in [5.41, 5.74) is 11.6. The monoisotopic (exact) mass is 793 g/mol. The SMILES string of the molecule is N#Cc1ccccc1-c1cccc(-c2nc(-c3ccccc3)nc(-c3ccccc3-c3cccc(-c4ccccc4-c4nc(-c5ccccc5)nc(-c5ccccc5)n4)c3)n2)c1. The Morgan fingerprint density at radius 1 is 0.242 bits per heavy atom. The van der Waals surface area contributed by atoms with E-state index in [9.17, 15) is 5.26 Å². The highest BCUT2D eigenvalue weighted by molar-refractivity contribution is 5.87. The van der Waals surface area contributed by atoms with E-state index in [2.05, 4.69) is 54.6 Å². The van der Waals surface area contributed by atoms with Gasteiger partial charge in [-0.15, -0.1) is 0 Å². The molecule has 0 saturated heterocycles. The maximum absolute atomic E-state index is 9.87. The lowest BCUT2D eigenvalue weighted by Gasteiger charge is -2.15. The van der Waals surface area contributed by atoms with Gasteiger partial charge in [0.25, 0.3) is 0 Å². The maximum Gasteiger partial charge on any atom is 0.164 e. The molecule has 62 heavy (non-hydrogen) atoms. The molecule has 0 fully saturated rings. The number of nitrogens with zero attached hydrogens (tertiary/aromatic N) is 7. The molecule has 7 nitrogen and oxygen atoms in total. The second kappa shape index (κ2) is 16.9. The Hall–Kier alpha value is -8.73. The van der Waals surface area contributed by atoms with Crippen LogP contribution in [0.25, 0.3) is 102 Å². The van der Waals surface area contributed by atoms with Gasteiger partial charge in [0.1, 0.15) is 0 Å². The minimum Gasteiger partial charge on any atom is -0.208 e. The van der Waals surface area contributed by atoms with Crippen molar-refractivity contribution in [3.05, 3.63) is 218 Å². The summed E-state index contributed by atoms with van der Waals surface area (Å²) in [4.78, 5) is 30.3. The quantitative estimate of drug-likeness (QED) is 0.143. The second-order valence-electron chi connectivity index (χ2n) is 14.6. The smallest absolute Gasteiger partial charge is 0.164 e. The number of benzene rings is 8. The number of hydrogen-bond acceptors (Lipinski definition) is 7. The van der Waals surface area contributed by atoms with Crippen LogP contribution >= 0.6 is 0 Å². The number of aromatic nitrogens is 6. The molecule has 0 radical (unpaired) electrons. The lowest BCUT2D eigenvalue weighted by molar-refractivity contribution is 1.07. The summed E-state index contributed by atoms with van der Waals surface area (Å²) < 4.78 is 0. The minimum absolute atomic E-state index is 0.532. The van der Waals surface area contributed by atoms with Crippen molar-refractivity contribution >= 4 is 0 Å². The van der Waals surface area contributed by atoms with Crippen LogP contribution in [0.4, 0.5) is 0 Å². The van der Waals surface area contributed by atoms with Gasteiger partial charge in [-0.05, 0) is 51.6 Å². The number of rotatable bonds is 9. The summed E-state index contributed by atoms with van der Waals surface area (Å²) in [6.07, 6.45) is 0. The van der Waals surface area contributed by atoms with Gasteiger partial charge in [0.15, 0.2) is 34.9 Å². The van der Waals surface area contributed by atoms with Gasteiger partial charge in [-0.3, -0.25) is 0 Å². The summed E-state index contributed by atoms with van der Waals surface area (Å²) in [5.74, 6) is 3.45. The van der Waals surface area contributed by atoms with Crippen LogP contribution in [0, 0.1) is 11.3 Å². The average Bonchev–Trinajstić information content (AvgIpc) is 3.37. The van der Waals surface area contributed by atoms with Crippen LogP contribution in [0.3, 0.4) is 0 Å². The van der Waals surface area contributed by atoms with Crippen molar-refractivity contribution in [2.24, 2.45) is 0 Å². The van der Waals surface area contributed by atoms with Crippen molar-refractivity contribution in [1.82, 2.24) is 29.9 Å². The normalized spacial score (nSPS) is 10.9. The molecule has 0 aliphatic rings. The maximum atomic E-state index is 9.87. The predicted molar refractivity (Wildman–Crippen MR) is 247 cm³/mol. The lowest BCUT2D eigenvalue weighted by Crippen LogP contribution is -2.01. The van der Waals surface area contributed by atoms with Crippen LogP contribution in [0.15, 0.2) is 212 Å². The molecule has 290 valence electrons. The molecular formula is C55H35N7.